The lowest BCUT2D eigenvalue weighted by Gasteiger charge is -2.38. The average molecular weight is 322 g/mol. The molecule has 0 saturated heterocycles. The van der Waals surface area contributed by atoms with E-state index in [0.29, 0.717) is 0 Å². The lowest BCUT2D eigenvalue weighted by Crippen LogP contribution is -2.38. The van der Waals surface area contributed by atoms with Crippen LogP contribution < -0.4 is 0 Å². The Morgan fingerprint density at radius 3 is 1.76 bits per heavy atom. The number of hydrogen-bond acceptors (Lipinski definition) is 6. The molecule has 0 aromatic heterocycles. The van der Waals surface area contributed by atoms with Crippen molar-refractivity contribution in [1.82, 2.24) is 0 Å². The number of carbonyl (C=O) groups excluding carboxylic acids is 1. The Bertz CT molecular complexity index is 408. The fraction of sp³-hybridized carbons (Fsp3) is 0.786. The largest absolute Gasteiger partial charge is 0.459 e. The molecule has 0 amide bonds. The van der Waals surface area contributed by atoms with Gasteiger partial charge in [0.2, 0.25) is 0 Å². The molecule has 21 heavy (non-hydrogen) atoms. The van der Waals surface area contributed by atoms with E-state index in [-0.39, 0.29) is 0 Å². The molecule has 0 aromatic rings. The Morgan fingerprint density at radius 2 is 1.48 bits per heavy atom. The molecule has 0 rings (SSSR count). The van der Waals surface area contributed by atoms with Crippen LogP contribution in [0.1, 0.15) is 48.5 Å². The number of esters is 1. The minimum atomic E-state index is -3.99. The molecule has 0 aromatic carbocycles. The lowest BCUT2D eigenvalue weighted by molar-refractivity contribution is -0.142. The zero-order chi connectivity index (χ0) is 17.1. The highest BCUT2D eigenvalue weighted by Gasteiger charge is 2.51. The predicted molar refractivity (Wildman–Crippen MR) is 81.1 cm³/mol. The summed E-state index contributed by atoms with van der Waals surface area (Å²) in [6.07, 6.45) is 0.955. The molecule has 0 bridgehead atoms. The number of aliphatic hydroxyl groups is 1. The van der Waals surface area contributed by atoms with Gasteiger partial charge in [0, 0.05) is 6.08 Å². The van der Waals surface area contributed by atoms with E-state index in [4.69, 9.17) is 13.8 Å². The van der Waals surface area contributed by atoms with Crippen LogP contribution in [0.4, 0.5) is 0 Å². The van der Waals surface area contributed by atoms with Gasteiger partial charge in [-0.25, -0.2) is 4.79 Å². The third-order valence-electron chi connectivity index (χ3n) is 2.03. The molecule has 0 radical (unpaired) electrons. The van der Waals surface area contributed by atoms with E-state index >= 15 is 0 Å². The van der Waals surface area contributed by atoms with Crippen molar-refractivity contribution in [2.24, 2.45) is 0 Å². The third-order valence-corrected chi connectivity index (χ3v) is 4.92. The lowest BCUT2D eigenvalue weighted by atomic mass is 10.2. The highest BCUT2D eigenvalue weighted by Crippen LogP contribution is 2.63. The molecule has 1 unspecified atom stereocenters. The van der Waals surface area contributed by atoms with E-state index in [1.165, 1.54) is 6.92 Å². The van der Waals surface area contributed by atoms with Crippen LogP contribution in [-0.2, 0) is 23.1 Å². The average Bonchev–Trinajstić information content (AvgIpc) is 2.20. The van der Waals surface area contributed by atoms with Crippen molar-refractivity contribution in [2.45, 2.75) is 65.0 Å². The maximum atomic E-state index is 13.1. The maximum Gasteiger partial charge on any atom is 0.366 e. The normalized spacial score (nSPS) is 16.2. The fourth-order valence-electron chi connectivity index (χ4n) is 1.28. The van der Waals surface area contributed by atoms with Crippen molar-refractivity contribution in [2.75, 3.05) is 6.61 Å². The second kappa shape index (κ2) is 6.61. The summed E-state index contributed by atoms with van der Waals surface area (Å²) < 4.78 is 28.8. The van der Waals surface area contributed by atoms with Gasteiger partial charge in [-0.3, -0.25) is 4.57 Å². The van der Waals surface area contributed by atoms with Crippen LogP contribution in [0, 0.1) is 0 Å². The first kappa shape index (κ1) is 20.3. The molecule has 0 fully saturated rings. The fourth-order valence-corrected chi connectivity index (χ4v) is 3.38. The number of hydrogen-bond donors (Lipinski definition) is 1. The first-order valence-corrected chi connectivity index (χ1v) is 8.19. The van der Waals surface area contributed by atoms with Crippen molar-refractivity contribution in [3.05, 3.63) is 12.7 Å². The van der Waals surface area contributed by atoms with Gasteiger partial charge in [0.15, 0.2) is 5.34 Å². The number of ether oxygens (including phenoxy) is 1. The van der Waals surface area contributed by atoms with Crippen molar-refractivity contribution in [1.29, 1.82) is 0 Å². The Kier molecular flexibility index (Phi) is 6.40. The van der Waals surface area contributed by atoms with Crippen LogP contribution in [0.3, 0.4) is 0 Å². The van der Waals surface area contributed by atoms with Crippen molar-refractivity contribution in [3.63, 3.8) is 0 Å². The summed E-state index contributed by atoms with van der Waals surface area (Å²) in [4.78, 5) is 11.1. The molecule has 0 spiro atoms. The van der Waals surface area contributed by atoms with Crippen molar-refractivity contribution < 1.29 is 28.3 Å². The Balaban J connectivity index is 5.41. The van der Waals surface area contributed by atoms with Gasteiger partial charge in [0.1, 0.15) is 6.61 Å². The number of carbonyl (C=O) groups is 1. The quantitative estimate of drug-likeness (QED) is 0.459. The van der Waals surface area contributed by atoms with Gasteiger partial charge in [-0.1, -0.05) is 6.58 Å². The summed E-state index contributed by atoms with van der Waals surface area (Å²) in [6, 6.07) is 0. The van der Waals surface area contributed by atoms with E-state index in [1.807, 2.05) is 0 Å². The van der Waals surface area contributed by atoms with Gasteiger partial charge in [-0.15, -0.1) is 0 Å². The van der Waals surface area contributed by atoms with Gasteiger partial charge >= 0.3 is 13.6 Å². The molecule has 0 heterocycles. The zero-order valence-corrected chi connectivity index (χ0v) is 14.8. The van der Waals surface area contributed by atoms with Crippen molar-refractivity contribution in [3.8, 4) is 0 Å². The van der Waals surface area contributed by atoms with Crippen LogP contribution in [-0.4, -0.2) is 34.2 Å². The second-order valence-corrected chi connectivity index (χ2v) is 9.26. The van der Waals surface area contributed by atoms with Gasteiger partial charge in [-0.2, -0.15) is 0 Å². The summed E-state index contributed by atoms with van der Waals surface area (Å²) in [6.45, 7) is 14.1. The molecule has 0 saturated carbocycles. The summed E-state index contributed by atoms with van der Waals surface area (Å²) in [5.41, 5.74) is -1.62. The molecular weight excluding hydrogens is 295 g/mol. The van der Waals surface area contributed by atoms with E-state index in [1.54, 1.807) is 41.5 Å². The molecule has 0 aliphatic rings. The van der Waals surface area contributed by atoms with Gasteiger partial charge in [-0.05, 0) is 48.5 Å². The van der Waals surface area contributed by atoms with Crippen molar-refractivity contribution >= 4 is 13.6 Å². The van der Waals surface area contributed by atoms with Gasteiger partial charge in [0.25, 0.3) is 0 Å². The van der Waals surface area contributed by atoms with Gasteiger partial charge < -0.3 is 18.9 Å². The topological polar surface area (TPSA) is 82.1 Å². The summed E-state index contributed by atoms with van der Waals surface area (Å²) in [5, 5.41) is 8.50. The first-order chi connectivity index (χ1) is 9.12. The molecule has 7 heteroatoms. The second-order valence-electron chi connectivity index (χ2n) is 6.93. The maximum absolute atomic E-state index is 13.1. The minimum absolute atomic E-state index is 0.526. The Morgan fingerprint density at radius 1 is 1.10 bits per heavy atom. The van der Waals surface area contributed by atoms with E-state index in [2.05, 4.69) is 6.58 Å². The van der Waals surface area contributed by atoms with Crippen LogP contribution in [0.15, 0.2) is 12.7 Å². The Hall–Kier alpha value is -0.680. The molecule has 0 aliphatic heterocycles. The SMILES string of the molecule is C=CC(=O)OCC(C)(O)P(=O)(OC(C)(C)C)OC(C)(C)C. The Labute approximate surface area is 127 Å². The predicted octanol–water partition coefficient (Wildman–Crippen LogP) is 3.25. The standard InChI is InChI=1S/C14H27O6P/c1-9-11(15)18-10-14(8,16)21(17,19-12(2,3)4)20-13(5,6)7/h9,16H,1,10H2,2-8H3. The monoisotopic (exact) mass is 322 g/mol. The summed E-state index contributed by atoms with van der Waals surface area (Å²) in [5.74, 6) is -0.728. The highest BCUT2D eigenvalue weighted by molar-refractivity contribution is 7.55. The number of rotatable bonds is 6. The molecular formula is C14H27O6P. The molecule has 1 atom stereocenters. The summed E-state index contributed by atoms with van der Waals surface area (Å²) >= 11 is 0. The van der Waals surface area contributed by atoms with Crippen LogP contribution in [0.5, 0.6) is 0 Å². The van der Waals surface area contributed by atoms with E-state index in [9.17, 15) is 14.5 Å². The third kappa shape index (κ3) is 7.23. The van der Waals surface area contributed by atoms with E-state index in [0.717, 1.165) is 6.08 Å². The smallest absolute Gasteiger partial charge is 0.366 e. The van der Waals surface area contributed by atoms with Crippen LogP contribution >= 0.6 is 7.60 Å². The molecule has 0 aliphatic carbocycles. The molecule has 1 N–H and O–H groups in total. The van der Waals surface area contributed by atoms with E-state index < -0.39 is 36.7 Å². The first-order valence-electron chi connectivity index (χ1n) is 6.65. The van der Waals surface area contributed by atoms with Gasteiger partial charge in [0.05, 0.1) is 11.2 Å². The molecule has 6 nitrogen and oxygen atoms in total. The molecule has 124 valence electrons. The zero-order valence-electron chi connectivity index (χ0n) is 13.9. The summed E-state index contributed by atoms with van der Waals surface area (Å²) in [7, 11) is -3.99. The van der Waals surface area contributed by atoms with Crippen LogP contribution in [0.25, 0.3) is 0 Å². The minimum Gasteiger partial charge on any atom is -0.459 e. The highest BCUT2D eigenvalue weighted by atomic mass is 31.2. The van der Waals surface area contributed by atoms with Crippen LogP contribution in [0.2, 0.25) is 0 Å².